The molecule has 0 aliphatic rings. The van der Waals surface area contributed by atoms with Crippen molar-refractivity contribution in [1.82, 2.24) is 30.7 Å². The predicted octanol–water partition coefficient (Wildman–Crippen LogP) is 1.28. The van der Waals surface area contributed by atoms with Crippen molar-refractivity contribution >= 4 is 23.6 Å². The van der Waals surface area contributed by atoms with Gasteiger partial charge in [-0.1, -0.05) is 17.3 Å². The Morgan fingerprint density at radius 1 is 1.25 bits per heavy atom. The SMILES string of the molecule is Nc1nonc1-n1nnc(C(=O)NN=Cc2cccc(O)c2)c1-c1ccc([N+](=O)[O-])cc1. The molecule has 0 unspecified atom stereocenters. The number of carbonyl (C=O) groups excluding carboxylic acids is 1. The molecular weight excluding hydrogens is 422 g/mol. The minimum Gasteiger partial charge on any atom is -0.508 e. The quantitative estimate of drug-likeness (QED) is 0.225. The lowest BCUT2D eigenvalue weighted by Crippen LogP contribution is -2.19. The molecule has 32 heavy (non-hydrogen) atoms. The molecule has 0 aliphatic heterocycles. The molecule has 4 rings (SSSR count). The molecule has 4 aromatic rings. The number of aromatic hydroxyl groups is 1. The summed E-state index contributed by atoms with van der Waals surface area (Å²) in [7, 11) is 0. The minimum absolute atomic E-state index is 0.0202. The molecule has 0 atom stereocenters. The number of nitro groups is 1. The van der Waals surface area contributed by atoms with Gasteiger partial charge < -0.3 is 10.8 Å². The standard InChI is InChI=1S/C18H13N9O5/c19-16-17(24-32-23-16)26-15(11-4-6-12(7-5-11)27(30)31)14(21-25-26)18(29)22-20-9-10-2-1-3-13(28)8-10/h1-9,28H,(H2,19,23)(H,22,29). The van der Waals surface area contributed by atoms with E-state index in [1.165, 1.54) is 42.6 Å². The zero-order valence-electron chi connectivity index (χ0n) is 16.0. The summed E-state index contributed by atoms with van der Waals surface area (Å²) in [5, 5.41) is 39.2. The van der Waals surface area contributed by atoms with Crippen LogP contribution in [0, 0.1) is 10.1 Å². The summed E-state index contributed by atoms with van der Waals surface area (Å²) in [5.41, 5.74) is 8.80. The molecule has 160 valence electrons. The molecule has 0 bridgehead atoms. The maximum absolute atomic E-state index is 12.7. The number of amides is 1. The third kappa shape index (κ3) is 3.95. The predicted molar refractivity (Wildman–Crippen MR) is 109 cm³/mol. The fourth-order valence-electron chi connectivity index (χ4n) is 2.74. The van der Waals surface area contributed by atoms with E-state index in [9.17, 15) is 20.0 Å². The second-order valence-electron chi connectivity index (χ2n) is 6.27. The van der Waals surface area contributed by atoms with Crippen LogP contribution in [0.4, 0.5) is 11.5 Å². The molecule has 0 saturated heterocycles. The van der Waals surface area contributed by atoms with E-state index in [4.69, 9.17) is 5.73 Å². The van der Waals surface area contributed by atoms with E-state index in [1.807, 2.05) is 0 Å². The Bertz CT molecular complexity index is 1330. The number of nitrogens with zero attached hydrogens (tertiary/aromatic N) is 7. The second-order valence-corrected chi connectivity index (χ2v) is 6.27. The second kappa shape index (κ2) is 8.31. The fourth-order valence-corrected chi connectivity index (χ4v) is 2.74. The van der Waals surface area contributed by atoms with Crippen LogP contribution >= 0.6 is 0 Å². The number of nitrogens with one attached hydrogen (secondary N) is 1. The number of anilines is 1. The first-order valence-electron chi connectivity index (χ1n) is 8.85. The van der Waals surface area contributed by atoms with E-state index in [0.29, 0.717) is 11.1 Å². The van der Waals surface area contributed by atoms with Gasteiger partial charge in [0.1, 0.15) is 11.4 Å². The summed E-state index contributed by atoms with van der Waals surface area (Å²) in [5.74, 6) is -0.807. The first kappa shape index (κ1) is 20.1. The van der Waals surface area contributed by atoms with Gasteiger partial charge in [-0.3, -0.25) is 14.9 Å². The molecule has 2 aromatic heterocycles. The maximum Gasteiger partial charge on any atom is 0.294 e. The van der Waals surface area contributed by atoms with Crippen LogP contribution in [0.25, 0.3) is 17.1 Å². The number of hydrogen-bond donors (Lipinski definition) is 3. The van der Waals surface area contributed by atoms with E-state index in [0.717, 1.165) is 4.68 Å². The summed E-state index contributed by atoms with van der Waals surface area (Å²) < 4.78 is 5.71. The number of hydrazone groups is 1. The molecule has 0 fully saturated rings. The smallest absolute Gasteiger partial charge is 0.294 e. The molecule has 0 aliphatic carbocycles. The molecule has 1 amide bonds. The number of non-ortho nitro benzene ring substituents is 1. The van der Waals surface area contributed by atoms with Crippen LogP contribution in [-0.2, 0) is 0 Å². The van der Waals surface area contributed by atoms with Crippen LogP contribution in [0.5, 0.6) is 5.75 Å². The highest BCUT2D eigenvalue weighted by Gasteiger charge is 2.25. The first-order chi connectivity index (χ1) is 15.4. The summed E-state index contributed by atoms with van der Waals surface area (Å²) in [4.78, 5) is 23.2. The Hall–Kier alpha value is -5.14. The molecule has 4 N–H and O–H groups in total. The monoisotopic (exact) mass is 435 g/mol. The van der Waals surface area contributed by atoms with Gasteiger partial charge in [-0.05, 0) is 40.1 Å². The van der Waals surface area contributed by atoms with Crippen molar-refractivity contribution in [1.29, 1.82) is 0 Å². The number of nitrogens with two attached hydrogens (primary N) is 1. The number of benzene rings is 2. The summed E-state index contributed by atoms with van der Waals surface area (Å²) >= 11 is 0. The molecule has 0 spiro atoms. The van der Waals surface area contributed by atoms with Crippen LogP contribution in [0.1, 0.15) is 16.1 Å². The van der Waals surface area contributed by atoms with Crippen LogP contribution in [-0.4, -0.2) is 47.5 Å². The van der Waals surface area contributed by atoms with Crippen LogP contribution < -0.4 is 11.2 Å². The third-order valence-corrected chi connectivity index (χ3v) is 4.18. The lowest BCUT2D eigenvalue weighted by Gasteiger charge is -2.05. The summed E-state index contributed by atoms with van der Waals surface area (Å²) in [6.45, 7) is 0. The van der Waals surface area contributed by atoms with Crippen molar-refractivity contribution < 1.29 is 19.5 Å². The highest BCUT2D eigenvalue weighted by molar-refractivity contribution is 5.98. The van der Waals surface area contributed by atoms with Crippen molar-refractivity contribution in [3.63, 3.8) is 0 Å². The summed E-state index contributed by atoms with van der Waals surface area (Å²) in [6.07, 6.45) is 1.33. The number of hydrogen-bond acceptors (Lipinski definition) is 11. The van der Waals surface area contributed by atoms with E-state index in [2.05, 4.69) is 35.8 Å². The van der Waals surface area contributed by atoms with E-state index in [-0.39, 0.29) is 34.5 Å². The van der Waals surface area contributed by atoms with E-state index < -0.39 is 10.8 Å². The van der Waals surface area contributed by atoms with Crippen LogP contribution in [0.3, 0.4) is 0 Å². The topological polar surface area (TPSA) is 200 Å². The summed E-state index contributed by atoms with van der Waals surface area (Å²) in [6, 6.07) is 11.6. The Morgan fingerprint density at radius 2 is 2.03 bits per heavy atom. The number of nitrogen functional groups attached to an aromatic ring is 1. The van der Waals surface area contributed by atoms with Crippen molar-refractivity contribution in [3.8, 4) is 22.8 Å². The van der Waals surface area contributed by atoms with Crippen molar-refractivity contribution in [3.05, 3.63) is 69.9 Å². The molecule has 2 aromatic carbocycles. The van der Waals surface area contributed by atoms with Crippen molar-refractivity contribution in [2.24, 2.45) is 5.10 Å². The molecule has 2 heterocycles. The van der Waals surface area contributed by atoms with Crippen LogP contribution in [0.15, 0.2) is 58.3 Å². The Labute approximate surface area is 178 Å². The van der Waals surface area contributed by atoms with Gasteiger partial charge >= 0.3 is 0 Å². The van der Waals surface area contributed by atoms with Gasteiger partial charge in [0.05, 0.1) is 11.1 Å². The largest absolute Gasteiger partial charge is 0.508 e. The van der Waals surface area contributed by atoms with Gasteiger partial charge in [-0.15, -0.1) is 5.10 Å². The minimum atomic E-state index is -0.726. The number of aromatic nitrogens is 5. The average molecular weight is 435 g/mol. The highest BCUT2D eigenvalue weighted by atomic mass is 16.6. The fraction of sp³-hybridized carbons (Fsp3) is 0. The van der Waals surface area contributed by atoms with Gasteiger partial charge in [0.2, 0.25) is 11.6 Å². The van der Waals surface area contributed by atoms with E-state index in [1.54, 1.807) is 12.1 Å². The van der Waals surface area contributed by atoms with Gasteiger partial charge in [0.25, 0.3) is 11.6 Å². The average Bonchev–Trinajstić information content (AvgIpc) is 3.39. The molecule has 14 heteroatoms. The van der Waals surface area contributed by atoms with Crippen molar-refractivity contribution in [2.75, 3.05) is 5.73 Å². The normalized spacial score (nSPS) is 11.0. The number of rotatable bonds is 6. The zero-order valence-corrected chi connectivity index (χ0v) is 16.0. The Kier molecular flexibility index (Phi) is 5.23. The van der Waals surface area contributed by atoms with Gasteiger partial charge in [-0.25, -0.2) is 10.1 Å². The van der Waals surface area contributed by atoms with Gasteiger partial charge in [0, 0.05) is 17.7 Å². The van der Waals surface area contributed by atoms with Crippen LogP contribution in [0.2, 0.25) is 0 Å². The molecule has 0 radical (unpaired) electrons. The van der Waals surface area contributed by atoms with Gasteiger partial charge in [0.15, 0.2) is 5.69 Å². The maximum atomic E-state index is 12.7. The lowest BCUT2D eigenvalue weighted by molar-refractivity contribution is -0.384. The molecular formula is C18H13N9O5. The van der Waals surface area contributed by atoms with Gasteiger partial charge in [-0.2, -0.15) is 9.78 Å². The number of nitro benzene ring substituents is 1. The lowest BCUT2D eigenvalue weighted by atomic mass is 10.1. The number of phenolic OH excluding ortho intramolecular Hbond substituents is 1. The number of carbonyl (C=O) groups is 1. The van der Waals surface area contributed by atoms with Crippen molar-refractivity contribution in [2.45, 2.75) is 0 Å². The third-order valence-electron chi connectivity index (χ3n) is 4.18. The van der Waals surface area contributed by atoms with E-state index >= 15 is 0 Å². The number of phenols is 1. The molecule has 14 nitrogen and oxygen atoms in total. The molecule has 0 saturated carbocycles. The Morgan fingerprint density at radius 3 is 2.69 bits per heavy atom. The first-order valence-corrected chi connectivity index (χ1v) is 8.85. The zero-order chi connectivity index (χ0) is 22.7. The Balaban J connectivity index is 1.70. The highest BCUT2D eigenvalue weighted by Crippen LogP contribution is 2.28.